The normalized spacial score (nSPS) is 13.9. The van der Waals surface area contributed by atoms with E-state index in [2.05, 4.69) is 27.3 Å². The van der Waals surface area contributed by atoms with Crippen LogP contribution in [0.25, 0.3) is 0 Å². The Morgan fingerprint density at radius 3 is 2.60 bits per heavy atom. The molecule has 0 saturated carbocycles. The van der Waals surface area contributed by atoms with E-state index in [1.807, 2.05) is 59.5 Å². The fraction of sp³-hybridized carbons (Fsp3) is 0.217. The Morgan fingerprint density at radius 1 is 1.00 bits per heavy atom. The predicted molar refractivity (Wildman–Crippen MR) is 124 cm³/mol. The maximum absolute atomic E-state index is 12.7. The number of aromatic nitrogens is 1. The van der Waals surface area contributed by atoms with Crippen LogP contribution in [0.15, 0.2) is 78.0 Å². The lowest BCUT2D eigenvalue weighted by Crippen LogP contribution is -2.50. The van der Waals surface area contributed by atoms with Crippen LogP contribution in [0.1, 0.15) is 5.56 Å². The molecule has 0 aliphatic carbocycles. The largest absolute Gasteiger partial charge is 0.368 e. The molecule has 154 valence electrons. The molecule has 4 rings (SSSR count). The van der Waals surface area contributed by atoms with Gasteiger partial charge in [-0.15, -0.1) is 11.8 Å². The molecular formula is C23H23ClN4OS. The van der Waals surface area contributed by atoms with Crippen LogP contribution in [-0.2, 0) is 5.75 Å². The SMILES string of the molecule is O=C(Nc1cccc(CSc2ccccn2)c1)N1CCN(c2cccc(Cl)c2)CC1. The van der Waals surface area contributed by atoms with E-state index in [0.29, 0.717) is 13.1 Å². The summed E-state index contributed by atoms with van der Waals surface area (Å²) in [4.78, 5) is 21.2. The third-order valence-electron chi connectivity index (χ3n) is 4.94. The van der Waals surface area contributed by atoms with Crippen LogP contribution in [0.2, 0.25) is 5.02 Å². The summed E-state index contributed by atoms with van der Waals surface area (Å²) in [5.41, 5.74) is 3.06. The molecule has 0 bridgehead atoms. The number of halogens is 1. The molecule has 2 heterocycles. The maximum atomic E-state index is 12.7. The molecule has 1 aliphatic heterocycles. The number of amides is 2. The van der Waals surface area contributed by atoms with Crippen molar-refractivity contribution in [3.63, 3.8) is 0 Å². The summed E-state index contributed by atoms with van der Waals surface area (Å²) in [7, 11) is 0. The van der Waals surface area contributed by atoms with E-state index >= 15 is 0 Å². The molecule has 2 amide bonds. The third-order valence-corrected chi connectivity index (χ3v) is 6.19. The summed E-state index contributed by atoms with van der Waals surface area (Å²) in [6, 6.07) is 21.7. The van der Waals surface area contributed by atoms with Crippen molar-refractivity contribution in [2.24, 2.45) is 0 Å². The zero-order valence-electron chi connectivity index (χ0n) is 16.5. The minimum Gasteiger partial charge on any atom is -0.368 e. The van der Waals surface area contributed by atoms with Crippen molar-refractivity contribution in [2.75, 3.05) is 36.4 Å². The lowest BCUT2D eigenvalue weighted by atomic mass is 10.2. The van der Waals surface area contributed by atoms with Crippen LogP contribution in [0.5, 0.6) is 0 Å². The van der Waals surface area contributed by atoms with Crippen molar-refractivity contribution >= 4 is 40.8 Å². The second-order valence-electron chi connectivity index (χ2n) is 7.04. The van der Waals surface area contributed by atoms with E-state index in [0.717, 1.165) is 45.8 Å². The van der Waals surface area contributed by atoms with Crippen molar-refractivity contribution in [1.82, 2.24) is 9.88 Å². The zero-order chi connectivity index (χ0) is 20.8. The Balaban J connectivity index is 1.30. The molecule has 0 radical (unpaired) electrons. The van der Waals surface area contributed by atoms with Crippen molar-refractivity contribution in [2.45, 2.75) is 10.8 Å². The first kappa shape index (κ1) is 20.6. The van der Waals surface area contributed by atoms with Crippen molar-refractivity contribution < 1.29 is 4.79 Å². The average molecular weight is 439 g/mol. The highest BCUT2D eigenvalue weighted by Crippen LogP contribution is 2.23. The summed E-state index contributed by atoms with van der Waals surface area (Å²) >= 11 is 7.78. The second kappa shape index (κ2) is 9.87. The molecule has 30 heavy (non-hydrogen) atoms. The van der Waals surface area contributed by atoms with Gasteiger partial charge >= 0.3 is 6.03 Å². The van der Waals surface area contributed by atoms with Crippen LogP contribution >= 0.6 is 23.4 Å². The van der Waals surface area contributed by atoms with Gasteiger partial charge in [0.1, 0.15) is 0 Å². The lowest BCUT2D eigenvalue weighted by molar-refractivity contribution is 0.208. The summed E-state index contributed by atoms with van der Waals surface area (Å²) < 4.78 is 0. The molecule has 1 saturated heterocycles. The van der Waals surface area contributed by atoms with Gasteiger partial charge in [-0.05, 0) is 48.0 Å². The molecular weight excluding hydrogens is 416 g/mol. The zero-order valence-corrected chi connectivity index (χ0v) is 18.1. The number of hydrogen-bond acceptors (Lipinski definition) is 4. The van der Waals surface area contributed by atoms with Gasteiger partial charge < -0.3 is 15.1 Å². The van der Waals surface area contributed by atoms with Gasteiger partial charge in [0.05, 0.1) is 5.03 Å². The van der Waals surface area contributed by atoms with E-state index in [4.69, 9.17) is 11.6 Å². The van der Waals surface area contributed by atoms with Gasteiger partial charge in [-0.3, -0.25) is 0 Å². The van der Waals surface area contributed by atoms with Crippen LogP contribution in [-0.4, -0.2) is 42.1 Å². The van der Waals surface area contributed by atoms with Crippen molar-refractivity contribution in [1.29, 1.82) is 0 Å². The summed E-state index contributed by atoms with van der Waals surface area (Å²) in [5, 5.41) is 4.76. The van der Waals surface area contributed by atoms with E-state index in [1.54, 1.807) is 18.0 Å². The third kappa shape index (κ3) is 5.46. The molecule has 1 fully saturated rings. The first-order valence-electron chi connectivity index (χ1n) is 9.86. The van der Waals surface area contributed by atoms with E-state index in [-0.39, 0.29) is 6.03 Å². The van der Waals surface area contributed by atoms with Gasteiger partial charge in [-0.2, -0.15) is 0 Å². The Bertz CT molecular complexity index is 993. The average Bonchev–Trinajstić information content (AvgIpc) is 2.79. The van der Waals surface area contributed by atoms with Crippen LogP contribution in [0, 0.1) is 0 Å². The number of rotatable bonds is 5. The standard InChI is InChI=1S/C23H23ClN4OS/c24-19-6-4-8-21(16-19)27-11-13-28(14-12-27)23(29)26-20-7-3-5-18(15-20)17-30-22-9-1-2-10-25-22/h1-10,15-16H,11-14,17H2,(H,26,29). The van der Waals surface area contributed by atoms with Crippen LogP contribution < -0.4 is 10.2 Å². The second-order valence-corrected chi connectivity index (χ2v) is 8.47. The summed E-state index contributed by atoms with van der Waals surface area (Å²) in [5.74, 6) is 0.805. The number of anilines is 2. The van der Waals surface area contributed by atoms with Crippen molar-refractivity contribution in [3.8, 4) is 0 Å². The first-order chi connectivity index (χ1) is 14.7. The highest BCUT2D eigenvalue weighted by Gasteiger charge is 2.21. The topological polar surface area (TPSA) is 48.5 Å². The molecule has 0 atom stereocenters. The quantitative estimate of drug-likeness (QED) is 0.543. The fourth-order valence-electron chi connectivity index (χ4n) is 3.37. The molecule has 0 unspecified atom stereocenters. The number of carbonyl (C=O) groups excluding carboxylic acids is 1. The highest BCUT2D eigenvalue weighted by molar-refractivity contribution is 7.98. The Morgan fingerprint density at radius 2 is 1.83 bits per heavy atom. The van der Waals surface area contributed by atoms with E-state index < -0.39 is 0 Å². The Kier molecular flexibility index (Phi) is 6.77. The predicted octanol–water partition coefficient (Wildman–Crippen LogP) is 5.38. The number of pyridine rings is 1. The van der Waals surface area contributed by atoms with Crippen LogP contribution in [0.4, 0.5) is 16.2 Å². The Hall–Kier alpha value is -2.70. The number of carbonyl (C=O) groups is 1. The fourth-order valence-corrected chi connectivity index (χ4v) is 4.36. The van der Waals surface area contributed by atoms with Crippen molar-refractivity contribution in [3.05, 3.63) is 83.5 Å². The number of urea groups is 1. The molecule has 7 heteroatoms. The van der Waals surface area contributed by atoms with Crippen LogP contribution in [0.3, 0.4) is 0 Å². The Labute approximate surface area is 186 Å². The van der Waals surface area contributed by atoms with Gasteiger partial charge in [0.2, 0.25) is 0 Å². The van der Waals surface area contributed by atoms with E-state index in [1.165, 1.54) is 0 Å². The van der Waals surface area contributed by atoms with Gasteiger partial charge in [0.15, 0.2) is 0 Å². The van der Waals surface area contributed by atoms with Gasteiger partial charge in [0, 0.05) is 54.5 Å². The number of nitrogens with one attached hydrogen (secondary N) is 1. The minimum absolute atomic E-state index is 0.0599. The molecule has 1 aromatic heterocycles. The summed E-state index contributed by atoms with van der Waals surface area (Å²) in [6.07, 6.45) is 1.80. The molecule has 5 nitrogen and oxygen atoms in total. The summed E-state index contributed by atoms with van der Waals surface area (Å²) in [6.45, 7) is 2.92. The number of nitrogens with zero attached hydrogens (tertiary/aromatic N) is 3. The van der Waals surface area contributed by atoms with E-state index in [9.17, 15) is 4.79 Å². The smallest absolute Gasteiger partial charge is 0.321 e. The monoisotopic (exact) mass is 438 g/mol. The number of benzene rings is 2. The molecule has 3 aromatic rings. The number of thioether (sulfide) groups is 1. The highest BCUT2D eigenvalue weighted by atomic mass is 35.5. The van der Waals surface area contributed by atoms with Gasteiger partial charge in [0.25, 0.3) is 0 Å². The van der Waals surface area contributed by atoms with Gasteiger partial charge in [-0.25, -0.2) is 9.78 Å². The molecule has 0 spiro atoms. The molecule has 1 aliphatic rings. The number of piperazine rings is 1. The lowest BCUT2D eigenvalue weighted by Gasteiger charge is -2.36. The molecule has 1 N–H and O–H groups in total. The minimum atomic E-state index is -0.0599. The first-order valence-corrected chi connectivity index (χ1v) is 11.2. The maximum Gasteiger partial charge on any atom is 0.321 e. The van der Waals surface area contributed by atoms with Gasteiger partial charge in [-0.1, -0.05) is 35.9 Å². The number of hydrogen-bond donors (Lipinski definition) is 1. The molecule has 2 aromatic carbocycles.